The number of nitrogens with two attached hydrogens (primary N) is 1. The molecule has 4 nitrogen and oxygen atoms in total. The highest BCUT2D eigenvalue weighted by molar-refractivity contribution is 5.20. The molecule has 2 rings (SSSR count). The molecule has 0 spiro atoms. The van der Waals surface area contributed by atoms with Gasteiger partial charge in [-0.3, -0.25) is 0 Å². The van der Waals surface area contributed by atoms with Crippen LogP contribution in [0.3, 0.4) is 0 Å². The number of hydrogen-bond donors (Lipinski definition) is 1. The predicted octanol–water partition coefficient (Wildman–Crippen LogP) is 1.30. The molecule has 1 aromatic heterocycles. The first kappa shape index (κ1) is 10.8. The molecule has 84 valence electrons. The number of halogens is 1. The van der Waals surface area contributed by atoms with Crippen molar-refractivity contribution in [2.45, 2.75) is 12.8 Å². The van der Waals surface area contributed by atoms with Crippen LogP contribution in [0.5, 0.6) is 0 Å². The van der Waals surface area contributed by atoms with Gasteiger partial charge in [-0.15, -0.1) is 0 Å². The number of aromatic nitrogens is 2. The lowest BCUT2D eigenvalue weighted by Crippen LogP contribution is -2.04. The molecular formula is C11H12FN3O. The van der Waals surface area contributed by atoms with Gasteiger partial charge in [0.05, 0.1) is 6.42 Å². The van der Waals surface area contributed by atoms with Crippen molar-refractivity contribution in [2.75, 3.05) is 6.54 Å². The Hall–Kier alpha value is -1.75. The minimum absolute atomic E-state index is 0.263. The highest BCUT2D eigenvalue weighted by atomic mass is 19.1. The first-order valence-corrected chi connectivity index (χ1v) is 5.04. The number of benzene rings is 1. The van der Waals surface area contributed by atoms with Crippen LogP contribution in [0.1, 0.15) is 17.3 Å². The minimum Gasteiger partial charge on any atom is -0.339 e. The Morgan fingerprint density at radius 1 is 1.31 bits per heavy atom. The summed E-state index contributed by atoms with van der Waals surface area (Å²) >= 11 is 0. The zero-order chi connectivity index (χ0) is 11.4. The third-order valence-electron chi connectivity index (χ3n) is 2.18. The van der Waals surface area contributed by atoms with Crippen molar-refractivity contribution in [2.24, 2.45) is 5.73 Å². The summed E-state index contributed by atoms with van der Waals surface area (Å²) in [7, 11) is 0. The molecule has 0 amide bonds. The number of rotatable bonds is 4. The first-order valence-electron chi connectivity index (χ1n) is 5.04. The van der Waals surface area contributed by atoms with Gasteiger partial charge in [0.2, 0.25) is 5.89 Å². The molecular weight excluding hydrogens is 209 g/mol. The summed E-state index contributed by atoms with van der Waals surface area (Å²) < 4.78 is 18.3. The largest absolute Gasteiger partial charge is 0.339 e. The Labute approximate surface area is 92.3 Å². The molecule has 0 saturated heterocycles. The second-order valence-corrected chi connectivity index (χ2v) is 3.41. The van der Waals surface area contributed by atoms with E-state index in [1.165, 1.54) is 6.07 Å². The molecule has 1 heterocycles. The maximum atomic E-state index is 13.3. The molecule has 0 saturated carbocycles. The van der Waals surface area contributed by atoms with Crippen LogP contribution in [-0.2, 0) is 12.8 Å². The maximum Gasteiger partial charge on any atom is 0.231 e. The van der Waals surface area contributed by atoms with E-state index < -0.39 is 0 Å². The van der Waals surface area contributed by atoms with Crippen molar-refractivity contribution < 1.29 is 8.91 Å². The summed E-state index contributed by atoms with van der Waals surface area (Å²) in [5, 5.41) is 3.74. The second kappa shape index (κ2) is 4.85. The Bertz CT molecular complexity index is 470. The standard InChI is InChI=1S/C11H12FN3O/c12-9-4-2-1-3-8(9)7-11-14-10(5-6-13)15-16-11/h1-4H,5-7,13H2. The third kappa shape index (κ3) is 2.43. The Balaban J connectivity index is 2.11. The van der Waals surface area contributed by atoms with Crippen LogP contribution in [0, 0.1) is 5.82 Å². The number of hydrogen-bond acceptors (Lipinski definition) is 4. The number of nitrogens with zero attached hydrogens (tertiary/aromatic N) is 2. The van der Waals surface area contributed by atoms with Crippen molar-refractivity contribution in [3.05, 3.63) is 47.4 Å². The second-order valence-electron chi connectivity index (χ2n) is 3.41. The minimum atomic E-state index is -0.263. The molecule has 1 aromatic carbocycles. The van der Waals surface area contributed by atoms with Crippen LogP contribution < -0.4 is 5.73 Å². The summed E-state index contributed by atoms with van der Waals surface area (Å²) in [6.45, 7) is 0.471. The van der Waals surface area contributed by atoms with Gasteiger partial charge in [-0.1, -0.05) is 23.4 Å². The van der Waals surface area contributed by atoms with E-state index in [-0.39, 0.29) is 5.82 Å². The third-order valence-corrected chi connectivity index (χ3v) is 2.18. The Morgan fingerprint density at radius 2 is 2.12 bits per heavy atom. The molecule has 0 bridgehead atoms. The van der Waals surface area contributed by atoms with E-state index in [0.717, 1.165) is 0 Å². The highest BCUT2D eigenvalue weighted by Gasteiger charge is 2.09. The molecule has 0 atom stereocenters. The summed E-state index contributed by atoms with van der Waals surface area (Å²) in [6, 6.07) is 6.52. The zero-order valence-corrected chi connectivity index (χ0v) is 8.69. The molecule has 0 unspecified atom stereocenters. The summed E-state index contributed by atoms with van der Waals surface area (Å²) in [6.07, 6.45) is 0.880. The maximum absolute atomic E-state index is 13.3. The van der Waals surface area contributed by atoms with Crippen molar-refractivity contribution in [3.8, 4) is 0 Å². The lowest BCUT2D eigenvalue weighted by Gasteiger charge is -1.97. The summed E-state index contributed by atoms with van der Waals surface area (Å²) in [5.74, 6) is 0.712. The van der Waals surface area contributed by atoms with Crippen LogP contribution in [0.15, 0.2) is 28.8 Å². The van der Waals surface area contributed by atoms with E-state index in [2.05, 4.69) is 10.1 Å². The van der Waals surface area contributed by atoms with Gasteiger partial charge in [-0.05, 0) is 18.2 Å². The van der Waals surface area contributed by atoms with E-state index in [0.29, 0.717) is 36.7 Å². The molecule has 0 aliphatic rings. The molecule has 5 heteroatoms. The average molecular weight is 221 g/mol. The molecule has 0 radical (unpaired) electrons. The van der Waals surface area contributed by atoms with Crippen LogP contribution in [0.25, 0.3) is 0 Å². The Kier molecular flexibility index (Phi) is 3.26. The predicted molar refractivity (Wildman–Crippen MR) is 56.3 cm³/mol. The quantitative estimate of drug-likeness (QED) is 0.845. The lowest BCUT2D eigenvalue weighted by atomic mass is 10.1. The average Bonchev–Trinajstić information content (AvgIpc) is 2.70. The van der Waals surface area contributed by atoms with Crippen molar-refractivity contribution >= 4 is 0 Å². The van der Waals surface area contributed by atoms with Gasteiger partial charge in [0.1, 0.15) is 5.82 Å². The van der Waals surface area contributed by atoms with Gasteiger partial charge in [-0.25, -0.2) is 4.39 Å². The summed E-state index contributed by atoms with van der Waals surface area (Å²) in [4.78, 5) is 4.11. The van der Waals surface area contributed by atoms with Crippen molar-refractivity contribution in [3.63, 3.8) is 0 Å². The smallest absolute Gasteiger partial charge is 0.231 e. The normalized spacial score (nSPS) is 10.6. The topological polar surface area (TPSA) is 64.9 Å². The van der Waals surface area contributed by atoms with Gasteiger partial charge in [-0.2, -0.15) is 4.98 Å². The van der Waals surface area contributed by atoms with Crippen LogP contribution >= 0.6 is 0 Å². The van der Waals surface area contributed by atoms with Gasteiger partial charge in [0, 0.05) is 6.42 Å². The van der Waals surface area contributed by atoms with E-state index >= 15 is 0 Å². The van der Waals surface area contributed by atoms with Gasteiger partial charge >= 0.3 is 0 Å². The fraction of sp³-hybridized carbons (Fsp3) is 0.273. The molecule has 0 fully saturated rings. The fourth-order valence-electron chi connectivity index (χ4n) is 1.40. The fourth-order valence-corrected chi connectivity index (χ4v) is 1.40. The van der Waals surface area contributed by atoms with Crippen LogP contribution in [0.4, 0.5) is 4.39 Å². The van der Waals surface area contributed by atoms with E-state index in [4.69, 9.17) is 10.3 Å². The molecule has 2 N–H and O–H groups in total. The Morgan fingerprint density at radius 3 is 2.88 bits per heavy atom. The van der Waals surface area contributed by atoms with Crippen molar-refractivity contribution in [1.82, 2.24) is 10.1 Å². The molecule has 2 aromatic rings. The van der Waals surface area contributed by atoms with E-state index in [1.54, 1.807) is 18.2 Å². The van der Waals surface area contributed by atoms with Crippen LogP contribution in [-0.4, -0.2) is 16.7 Å². The van der Waals surface area contributed by atoms with Gasteiger partial charge in [0.15, 0.2) is 5.82 Å². The highest BCUT2D eigenvalue weighted by Crippen LogP contribution is 2.11. The van der Waals surface area contributed by atoms with Crippen LogP contribution in [0.2, 0.25) is 0 Å². The molecule has 16 heavy (non-hydrogen) atoms. The first-order chi connectivity index (χ1) is 7.79. The molecule has 0 aliphatic carbocycles. The summed E-state index contributed by atoms with van der Waals surface area (Å²) in [5.41, 5.74) is 5.91. The van der Waals surface area contributed by atoms with Crippen molar-refractivity contribution in [1.29, 1.82) is 0 Å². The lowest BCUT2D eigenvalue weighted by molar-refractivity contribution is 0.378. The van der Waals surface area contributed by atoms with E-state index in [9.17, 15) is 4.39 Å². The van der Waals surface area contributed by atoms with E-state index in [1.807, 2.05) is 0 Å². The molecule has 0 aliphatic heterocycles. The SMILES string of the molecule is NCCc1noc(Cc2ccccc2F)n1. The van der Waals surface area contributed by atoms with Gasteiger partial charge in [0.25, 0.3) is 0 Å². The zero-order valence-electron chi connectivity index (χ0n) is 8.69. The van der Waals surface area contributed by atoms with Gasteiger partial charge < -0.3 is 10.3 Å². The monoisotopic (exact) mass is 221 g/mol.